The minimum absolute atomic E-state index is 0.0214. The van der Waals surface area contributed by atoms with Gasteiger partial charge in [-0.15, -0.1) is 11.3 Å². The number of nitrogens with one attached hydrogen (secondary N) is 2. The number of carbonyl (C=O) groups excluding carboxylic acids is 4. The highest BCUT2D eigenvalue weighted by molar-refractivity contribution is 7.17. The van der Waals surface area contributed by atoms with Crippen LogP contribution in [0.15, 0.2) is 52.5 Å². The van der Waals surface area contributed by atoms with Gasteiger partial charge >= 0.3 is 0 Å². The first-order valence-corrected chi connectivity index (χ1v) is 25.0. The fourth-order valence-electron chi connectivity index (χ4n) is 10.4. The second-order valence-corrected chi connectivity index (χ2v) is 19.7. The first kappa shape index (κ1) is 47.4. The van der Waals surface area contributed by atoms with Gasteiger partial charge in [-0.25, -0.2) is 8.78 Å². The van der Waals surface area contributed by atoms with Crippen molar-refractivity contribution in [2.45, 2.75) is 115 Å². The van der Waals surface area contributed by atoms with Crippen LogP contribution in [0.4, 0.5) is 8.78 Å². The Morgan fingerprint density at radius 1 is 0.926 bits per heavy atom. The Bertz CT molecular complexity index is 2610. The normalized spacial score (nSPS) is 20.8. The fraction of sp³-hybridized carbons (Fsp3) is 0.551. The second-order valence-electron chi connectivity index (χ2n) is 18.8. The van der Waals surface area contributed by atoms with E-state index in [9.17, 15) is 28.0 Å². The number of likely N-dealkylation sites (N-methyl/N-ethyl adjacent to an activating group) is 1. The summed E-state index contributed by atoms with van der Waals surface area (Å²) in [5, 5.41) is 12.4. The highest BCUT2D eigenvalue weighted by atomic mass is 32.1. The molecule has 4 aromatic heterocycles. The van der Waals surface area contributed by atoms with Crippen molar-refractivity contribution >= 4 is 56.1 Å². The number of hydrogen-bond acceptors (Lipinski definition) is 12. The maximum absolute atomic E-state index is 14.8. The Morgan fingerprint density at radius 2 is 1.72 bits per heavy atom. The topological polar surface area (TPSA) is 168 Å². The smallest absolute Gasteiger partial charge is 0.270 e. The number of fused-ring (bicyclic) bond motifs is 2. The number of hydrogen-bond donors (Lipinski definition) is 2. The average Bonchev–Trinajstić information content (AvgIpc) is 4.19. The van der Waals surface area contributed by atoms with E-state index in [1.54, 1.807) is 52.3 Å². The van der Waals surface area contributed by atoms with E-state index in [1.165, 1.54) is 10.6 Å². The molecule has 4 aliphatic rings. The van der Waals surface area contributed by atoms with E-state index < -0.39 is 35.7 Å². The van der Waals surface area contributed by atoms with Gasteiger partial charge in [-0.05, 0) is 100 Å². The van der Waals surface area contributed by atoms with Crippen LogP contribution in [0.5, 0.6) is 11.6 Å². The van der Waals surface area contributed by atoms with Gasteiger partial charge < -0.3 is 43.9 Å². The number of benzene rings is 1. The molecule has 7 heterocycles. The lowest BCUT2D eigenvalue weighted by Gasteiger charge is -2.42. The van der Waals surface area contributed by atoms with Crippen LogP contribution in [0.3, 0.4) is 0 Å². The number of amides is 4. The Labute approximate surface area is 398 Å². The summed E-state index contributed by atoms with van der Waals surface area (Å²) in [4.78, 5) is 67.7. The molecule has 1 aliphatic carbocycles. The molecule has 1 aromatic carbocycles. The third kappa shape index (κ3) is 10.3. The van der Waals surface area contributed by atoms with Crippen molar-refractivity contribution in [1.29, 1.82) is 0 Å². The van der Waals surface area contributed by atoms with Crippen molar-refractivity contribution in [3.05, 3.63) is 71.1 Å². The zero-order valence-electron chi connectivity index (χ0n) is 39.0. The molecule has 0 bridgehead atoms. The van der Waals surface area contributed by atoms with Gasteiger partial charge in [0.15, 0.2) is 17.4 Å². The molecule has 19 heteroatoms. The number of piperazine rings is 1. The number of piperidine rings is 1. The van der Waals surface area contributed by atoms with Gasteiger partial charge in [-0.1, -0.05) is 19.3 Å². The molecule has 9 rings (SSSR count). The van der Waals surface area contributed by atoms with Crippen LogP contribution in [-0.4, -0.2) is 141 Å². The fourth-order valence-corrected chi connectivity index (χ4v) is 11.2. The lowest BCUT2D eigenvalue weighted by atomic mass is 9.83. The predicted molar refractivity (Wildman–Crippen MR) is 251 cm³/mol. The Morgan fingerprint density at radius 3 is 2.50 bits per heavy atom. The molecule has 4 amide bonds. The molecule has 0 spiro atoms. The number of thiophene rings is 1. The summed E-state index contributed by atoms with van der Waals surface area (Å²) in [7, 11) is 1.70. The largest absolute Gasteiger partial charge is 0.489 e. The van der Waals surface area contributed by atoms with E-state index in [0.717, 1.165) is 92.6 Å². The van der Waals surface area contributed by atoms with E-state index in [0.29, 0.717) is 31.2 Å². The van der Waals surface area contributed by atoms with Crippen molar-refractivity contribution < 1.29 is 42.0 Å². The molecule has 1 saturated carbocycles. The molecule has 4 atom stereocenters. The number of carbonyl (C=O) groups is 4. The summed E-state index contributed by atoms with van der Waals surface area (Å²) in [6.07, 6.45) is 9.85. The molecule has 0 radical (unpaired) electrons. The number of halogens is 2. The average molecular weight is 958 g/mol. The van der Waals surface area contributed by atoms with E-state index in [2.05, 4.69) is 25.7 Å². The molecule has 2 N–H and O–H groups in total. The monoisotopic (exact) mass is 957 g/mol. The lowest BCUT2D eigenvalue weighted by Crippen LogP contribution is -2.61. The minimum Gasteiger partial charge on any atom is -0.489 e. The van der Waals surface area contributed by atoms with Crippen LogP contribution < -0.4 is 20.1 Å². The molecule has 3 aliphatic heterocycles. The molecule has 16 nitrogen and oxygen atoms in total. The molecule has 5 aromatic rings. The maximum Gasteiger partial charge on any atom is 0.270 e. The van der Waals surface area contributed by atoms with Gasteiger partial charge in [0.05, 0.1) is 34.4 Å². The number of aromatic nitrogens is 3. The van der Waals surface area contributed by atoms with Crippen LogP contribution in [0, 0.1) is 17.6 Å². The van der Waals surface area contributed by atoms with Crippen molar-refractivity contribution in [2.24, 2.45) is 5.92 Å². The van der Waals surface area contributed by atoms with Crippen LogP contribution in [0.1, 0.15) is 87.9 Å². The van der Waals surface area contributed by atoms with E-state index in [1.807, 2.05) is 24.4 Å². The van der Waals surface area contributed by atoms with Gasteiger partial charge in [0.2, 0.25) is 17.7 Å². The van der Waals surface area contributed by atoms with Crippen molar-refractivity contribution in [2.75, 3.05) is 52.9 Å². The number of nitrogens with zero attached hydrogens (tertiary/aromatic N) is 7. The van der Waals surface area contributed by atoms with E-state index >= 15 is 0 Å². The van der Waals surface area contributed by atoms with Gasteiger partial charge in [-0.3, -0.25) is 29.1 Å². The number of rotatable bonds is 15. The van der Waals surface area contributed by atoms with Crippen molar-refractivity contribution in [1.82, 2.24) is 44.9 Å². The molecule has 364 valence electrons. The SMILES string of the molecule is CN[C@@H](C)C(=O)N[C@H](C(=O)N1CCN(C(=O)c2cc3cc(F)c(F)cc3n2CC(=O)N2CCC[C@H]2COc2cc(CN3CCC(Oc4ccnc5ccsc45)CC3)on2)[C@@H](C)C1)C1CCCCC1. The van der Waals surface area contributed by atoms with Gasteiger partial charge in [0, 0.05) is 69.0 Å². The van der Waals surface area contributed by atoms with Crippen molar-refractivity contribution in [3.63, 3.8) is 0 Å². The summed E-state index contributed by atoms with van der Waals surface area (Å²) >= 11 is 1.63. The van der Waals surface area contributed by atoms with Crippen LogP contribution in [-0.2, 0) is 27.5 Å². The van der Waals surface area contributed by atoms with Crippen LogP contribution >= 0.6 is 11.3 Å². The Kier molecular flexibility index (Phi) is 14.6. The number of likely N-dealkylation sites (tertiary alicyclic amines) is 2. The zero-order chi connectivity index (χ0) is 47.5. The minimum atomic E-state index is -1.09. The third-order valence-electron chi connectivity index (χ3n) is 14.3. The zero-order valence-corrected chi connectivity index (χ0v) is 39.8. The molecular weight excluding hydrogens is 897 g/mol. The van der Waals surface area contributed by atoms with Gasteiger partial charge in [-0.2, -0.15) is 0 Å². The lowest BCUT2D eigenvalue weighted by molar-refractivity contribution is -0.140. The quantitative estimate of drug-likeness (QED) is 0.127. The highest BCUT2D eigenvalue weighted by Gasteiger charge is 2.39. The van der Waals surface area contributed by atoms with E-state index in [-0.39, 0.29) is 85.2 Å². The Hall–Kier alpha value is -5.66. The first-order chi connectivity index (χ1) is 32.9. The predicted octanol–water partition coefficient (Wildman–Crippen LogP) is 5.98. The summed E-state index contributed by atoms with van der Waals surface area (Å²) in [6, 6.07) is 7.41. The third-order valence-corrected chi connectivity index (χ3v) is 15.3. The summed E-state index contributed by atoms with van der Waals surface area (Å²) < 4.78 is 50.1. The van der Waals surface area contributed by atoms with Crippen molar-refractivity contribution in [3.8, 4) is 11.6 Å². The maximum atomic E-state index is 14.8. The second kappa shape index (κ2) is 20.9. The molecule has 4 fully saturated rings. The number of ether oxygens (including phenoxy) is 2. The van der Waals surface area contributed by atoms with Crippen LogP contribution in [0.2, 0.25) is 0 Å². The Balaban J connectivity index is 0.815. The summed E-state index contributed by atoms with van der Waals surface area (Å²) in [5.74, 6) is -1.37. The molecule has 3 saturated heterocycles. The van der Waals surface area contributed by atoms with Gasteiger partial charge in [0.25, 0.3) is 11.8 Å². The summed E-state index contributed by atoms with van der Waals surface area (Å²) in [5.41, 5.74) is 1.28. The standard InChI is InChI=1S/C49H61F2N9O7S/c1-30-26-57(49(64)45(32-8-5-4-6-9-32)54-47(62)31(2)52-3)19-20-58(30)48(63)41-23-33-22-37(50)38(51)25-40(33)60(41)28-44(61)59-16-7-10-34(59)29-65-43-24-36(67-55-43)27-56-17-12-35(13-18-56)66-42-11-15-53-39-14-21-68-46(39)42/h11,14-15,21-25,30-32,34-35,45,52H,4-10,12-13,16-20,26-29H2,1-3H3,(H,54,62)/t30-,31-,34-,45-/m0/s1. The van der Waals surface area contributed by atoms with Crippen LogP contribution in [0.25, 0.3) is 21.1 Å². The molecule has 68 heavy (non-hydrogen) atoms. The number of pyridine rings is 1. The molecule has 0 unspecified atom stereocenters. The first-order valence-electron chi connectivity index (χ1n) is 24.1. The molecular formula is C49H61F2N9O7S. The van der Waals surface area contributed by atoms with E-state index in [4.69, 9.17) is 14.0 Å². The van der Waals surface area contributed by atoms with Gasteiger partial charge in [0.1, 0.15) is 36.7 Å². The summed E-state index contributed by atoms with van der Waals surface area (Å²) in [6.45, 7) is 6.85. The highest BCUT2D eigenvalue weighted by Crippen LogP contribution is 2.33.